The van der Waals surface area contributed by atoms with Gasteiger partial charge in [-0.1, -0.05) is 24.3 Å². The molecule has 4 heteroatoms. The van der Waals surface area contributed by atoms with Gasteiger partial charge in [0, 0.05) is 6.04 Å². The fourth-order valence-corrected chi connectivity index (χ4v) is 2.05. The third-order valence-corrected chi connectivity index (χ3v) is 2.81. The van der Waals surface area contributed by atoms with E-state index in [2.05, 4.69) is 0 Å². The Morgan fingerprint density at radius 2 is 2.07 bits per heavy atom. The molecule has 0 spiro atoms. The van der Waals surface area contributed by atoms with Crippen molar-refractivity contribution < 1.29 is 9.90 Å². The molecule has 1 aromatic rings. The average Bonchev–Trinajstić information content (AvgIpc) is 2.17. The van der Waals surface area contributed by atoms with E-state index in [4.69, 9.17) is 10.8 Å². The number of aliphatic carboxylic acids is 1. The Balaban J connectivity index is 0.00000112. The Kier molecular flexibility index (Phi) is 3.72. The van der Waals surface area contributed by atoms with Gasteiger partial charge in [0.25, 0.3) is 0 Å². The third-order valence-electron chi connectivity index (χ3n) is 2.81. The van der Waals surface area contributed by atoms with Gasteiger partial charge < -0.3 is 10.8 Å². The fourth-order valence-electron chi connectivity index (χ4n) is 2.05. The minimum absolute atomic E-state index is 0. The van der Waals surface area contributed by atoms with E-state index in [1.807, 2.05) is 24.3 Å². The molecule has 2 unspecified atom stereocenters. The van der Waals surface area contributed by atoms with Crippen molar-refractivity contribution >= 4 is 18.4 Å². The largest absolute Gasteiger partial charge is 0.481 e. The number of nitrogens with two attached hydrogens (primary N) is 1. The minimum atomic E-state index is -0.741. The maximum absolute atomic E-state index is 10.9. The average molecular weight is 228 g/mol. The summed E-state index contributed by atoms with van der Waals surface area (Å²) in [7, 11) is 0. The molecule has 1 aliphatic carbocycles. The Hall–Kier alpha value is -1.06. The number of carbonyl (C=O) groups is 1. The van der Waals surface area contributed by atoms with Crippen LogP contribution >= 0.6 is 12.4 Å². The normalized spacial score (nSPS) is 23.8. The Labute approximate surface area is 94.7 Å². The van der Waals surface area contributed by atoms with E-state index in [9.17, 15) is 4.79 Å². The summed E-state index contributed by atoms with van der Waals surface area (Å²) in [6.45, 7) is 0. The molecule has 1 aliphatic rings. The molecule has 0 saturated carbocycles. The highest BCUT2D eigenvalue weighted by molar-refractivity contribution is 5.85. The molecule has 0 radical (unpaired) electrons. The second-order valence-electron chi connectivity index (χ2n) is 3.78. The Morgan fingerprint density at radius 3 is 2.73 bits per heavy atom. The molecule has 0 bridgehead atoms. The summed E-state index contributed by atoms with van der Waals surface area (Å²) < 4.78 is 0. The Morgan fingerprint density at radius 1 is 1.40 bits per heavy atom. The Bertz CT molecular complexity index is 367. The smallest absolute Gasteiger partial charge is 0.306 e. The number of halogens is 1. The third kappa shape index (κ3) is 2.30. The predicted octanol–water partition coefficient (Wildman–Crippen LogP) is 1.76. The maximum atomic E-state index is 10.9. The van der Waals surface area contributed by atoms with Crippen LogP contribution in [0.4, 0.5) is 0 Å². The lowest BCUT2D eigenvalue weighted by molar-refractivity contribution is -0.142. The van der Waals surface area contributed by atoms with E-state index in [1.54, 1.807) is 0 Å². The summed E-state index contributed by atoms with van der Waals surface area (Å²) in [6, 6.07) is 7.69. The van der Waals surface area contributed by atoms with Crippen LogP contribution in [-0.2, 0) is 11.2 Å². The van der Waals surface area contributed by atoms with Crippen LogP contribution in [0.15, 0.2) is 24.3 Å². The minimum Gasteiger partial charge on any atom is -0.481 e. The lowest BCUT2D eigenvalue weighted by atomic mass is 9.81. The van der Waals surface area contributed by atoms with E-state index in [1.165, 1.54) is 0 Å². The molecule has 0 aromatic heterocycles. The van der Waals surface area contributed by atoms with Gasteiger partial charge in [0.05, 0.1) is 5.92 Å². The molecule has 3 N–H and O–H groups in total. The van der Waals surface area contributed by atoms with E-state index in [-0.39, 0.29) is 24.4 Å². The van der Waals surface area contributed by atoms with Gasteiger partial charge in [-0.2, -0.15) is 0 Å². The first-order valence-electron chi connectivity index (χ1n) is 4.74. The summed E-state index contributed by atoms with van der Waals surface area (Å²) in [4.78, 5) is 10.9. The summed E-state index contributed by atoms with van der Waals surface area (Å²) in [5.74, 6) is -1.06. The van der Waals surface area contributed by atoms with Crippen LogP contribution in [0.3, 0.4) is 0 Å². The monoisotopic (exact) mass is 227 g/mol. The van der Waals surface area contributed by atoms with Crippen molar-refractivity contribution in [3.8, 4) is 0 Å². The number of carboxylic acids is 1. The standard InChI is InChI=1S/C11H13NO2.ClH/c12-10-6-8(11(13)14)5-7-3-1-2-4-9(7)10;/h1-4,8,10H,5-6,12H2,(H,13,14);1H. The van der Waals surface area contributed by atoms with Crippen molar-refractivity contribution in [2.75, 3.05) is 0 Å². The summed E-state index contributed by atoms with van der Waals surface area (Å²) in [5.41, 5.74) is 8.10. The fraction of sp³-hybridized carbons (Fsp3) is 0.364. The maximum Gasteiger partial charge on any atom is 0.306 e. The molecule has 0 aliphatic heterocycles. The molecule has 0 fully saturated rings. The van der Waals surface area contributed by atoms with Crippen molar-refractivity contribution in [1.29, 1.82) is 0 Å². The number of benzene rings is 1. The van der Waals surface area contributed by atoms with Gasteiger partial charge in [-0.3, -0.25) is 4.79 Å². The molecule has 0 heterocycles. The first-order valence-corrected chi connectivity index (χ1v) is 4.74. The van der Waals surface area contributed by atoms with Gasteiger partial charge in [0.2, 0.25) is 0 Å². The highest BCUT2D eigenvalue weighted by Crippen LogP contribution is 2.31. The lowest BCUT2D eigenvalue weighted by Gasteiger charge is -2.26. The number of fused-ring (bicyclic) bond motifs is 1. The van der Waals surface area contributed by atoms with Crippen LogP contribution in [0, 0.1) is 5.92 Å². The van der Waals surface area contributed by atoms with Crippen LogP contribution < -0.4 is 5.73 Å². The zero-order chi connectivity index (χ0) is 10.1. The van der Waals surface area contributed by atoms with Crippen molar-refractivity contribution in [2.45, 2.75) is 18.9 Å². The van der Waals surface area contributed by atoms with Crippen molar-refractivity contribution in [3.63, 3.8) is 0 Å². The van der Waals surface area contributed by atoms with Gasteiger partial charge in [-0.25, -0.2) is 0 Å². The van der Waals surface area contributed by atoms with Crippen LogP contribution in [0.25, 0.3) is 0 Å². The molecule has 1 aromatic carbocycles. The van der Waals surface area contributed by atoms with Crippen LogP contribution in [0.5, 0.6) is 0 Å². The van der Waals surface area contributed by atoms with Gasteiger partial charge in [-0.05, 0) is 24.0 Å². The number of rotatable bonds is 1. The second-order valence-corrected chi connectivity index (χ2v) is 3.78. The highest BCUT2D eigenvalue weighted by Gasteiger charge is 2.28. The molecule has 2 rings (SSSR count). The van der Waals surface area contributed by atoms with Gasteiger partial charge >= 0.3 is 5.97 Å². The topological polar surface area (TPSA) is 63.3 Å². The van der Waals surface area contributed by atoms with E-state index < -0.39 is 5.97 Å². The molecular formula is C11H14ClNO2. The van der Waals surface area contributed by atoms with Crippen molar-refractivity contribution in [3.05, 3.63) is 35.4 Å². The zero-order valence-corrected chi connectivity index (χ0v) is 9.04. The van der Waals surface area contributed by atoms with E-state index >= 15 is 0 Å². The van der Waals surface area contributed by atoms with E-state index in [0.717, 1.165) is 11.1 Å². The van der Waals surface area contributed by atoms with Crippen LogP contribution in [-0.4, -0.2) is 11.1 Å². The first kappa shape index (κ1) is 12.0. The molecule has 15 heavy (non-hydrogen) atoms. The van der Waals surface area contributed by atoms with Gasteiger partial charge in [0.15, 0.2) is 0 Å². The van der Waals surface area contributed by atoms with Crippen LogP contribution in [0.2, 0.25) is 0 Å². The summed E-state index contributed by atoms with van der Waals surface area (Å²) in [6.07, 6.45) is 1.16. The molecule has 82 valence electrons. The van der Waals surface area contributed by atoms with Gasteiger partial charge in [-0.15, -0.1) is 12.4 Å². The molecular weight excluding hydrogens is 214 g/mol. The second kappa shape index (κ2) is 4.64. The number of hydrogen-bond donors (Lipinski definition) is 2. The van der Waals surface area contributed by atoms with Crippen molar-refractivity contribution in [2.24, 2.45) is 11.7 Å². The zero-order valence-electron chi connectivity index (χ0n) is 8.22. The number of carboxylic acid groups (broad SMARTS) is 1. The molecule has 0 amide bonds. The molecule has 3 nitrogen and oxygen atoms in total. The first-order chi connectivity index (χ1) is 6.68. The number of hydrogen-bond acceptors (Lipinski definition) is 2. The molecule has 2 atom stereocenters. The predicted molar refractivity (Wildman–Crippen MR) is 60.1 cm³/mol. The quantitative estimate of drug-likeness (QED) is 0.769. The highest BCUT2D eigenvalue weighted by atomic mass is 35.5. The summed E-state index contributed by atoms with van der Waals surface area (Å²) in [5, 5.41) is 8.93. The lowest BCUT2D eigenvalue weighted by Crippen LogP contribution is -2.28. The van der Waals surface area contributed by atoms with Crippen molar-refractivity contribution in [1.82, 2.24) is 0 Å². The van der Waals surface area contributed by atoms with Crippen LogP contribution in [0.1, 0.15) is 23.6 Å². The van der Waals surface area contributed by atoms with Gasteiger partial charge in [0.1, 0.15) is 0 Å². The molecule has 0 saturated heterocycles. The van der Waals surface area contributed by atoms with E-state index in [0.29, 0.717) is 12.8 Å². The summed E-state index contributed by atoms with van der Waals surface area (Å²) >= 11 is 0. The SMILES string of the molecule is Cl.NC1CC(C(=O)O)Cc2ccccc21.